The summed E-state index contributed by atoms with van der Waals surface area (Å²) in [6, 6.07) is 8.12. The number of benzene rings is 2. The lowest BCUT2D eigenvalue weighted by Gasteiger charge is -2.13. The maximum absolute atomic E-state index is 6.57. The van der Waals surface area contributed by atoms with Gasteiger partial charge in [0.1, 0.15) is 0 Å². The fraction of sp³-hybridized carbons (Fsp3) is 0.762. The quantitative estimate of drug-likeness (QED) is 0.0417. The lowest BCUT2D eigenvalue weighted by molar-refractivity contribution is 0.258. The van der Waals surface area contributed by atoms with E-state index in [-0.39, 0.29) is 0 Å². The van der Waals surface area contributed by atoms with E-state index in [2.05, 4.69) is 73.5 Å². The molecule has 1 aliphatic carbocycles. The van der Waals surface area contributed by atoms with Gasteiger partial charge >= 0.3 is 0 Å². The van der Waals surface area contributed by atoms with Crippen LogP contribution in [0.1, 0.15) is 387 Å². The second kappa shape index (κ2) is 60.4. The van der Waals surface area contributed by atoms with E-state index in [9.17, 15) is 0 Å². The average molecular weight is 1210 g/mol. The number of hydrogen-bond acceptors (Lipinski definition) is 4. The molecule has 0 saturated heterocycles. The Morgan fingerprint density at radius 2 is 0.307 bits per heavy atom. The minimum atomic E-state index is 0.655. The molecule has 0 N–H and O–H groups in total. The zero-order valence-corrected chi connectivity index (χ0v) is 58.4. The van der Waals surface area contributed by atoms with E-state index >= 15 is 0 Å². The van der Waals surface area contributed by atoms with Crippen molar-refractivity contribution >= 4 is 22.9 Å². The molecule has 3 rings (SSSR count). The normalized spacial score (nSPS) is 11.4. The van der Waals surface area contributed by atoms with E-state index in [1.54, 1.807) is 0 Å². The first-order valence-electron chi connectivity index (χ1n) is 38.6. The van der Waals surface area contributed by atoms with Crippen LogP contribution in [0.5, 0.6) is 23.0 Å². The number of hydrogen-bond donors (Lipinski definition) is 0. The predicted molar refractivity (Wildman–Crippen MR) is 382 cm³/mol. The van der Waals surface area contributed by atoms with Gasteiger partial charge in [0, 0.05) is 45.1 Å². The molecule has 0 fully saturated rings. The van der Waals surface area contributed by atoms with Crippen molar-refractivity contribution in [3.8, 4) is 23.0 Å². The summed E-state index contributed by atoms with van der Waals surface area (Å²) in [5.41, 5.74) is 26.2. The van der Waals surface area contributed by atoms with Gasteiger partial charge < -0.3 is 18.9 Å². The smallest absolute Gasteiger partial charge is 0.162 e. The summed E-state index contributed by atoms with van der Waals surface area (Å²) >= 11 is 0. The Bertz CT molecular complexity index is 2130. The minimum absolute atomic E-state index is 0.655. The van der Waals surface area contributed by atoms with Crippen molar-refractivity contribution < 1.29 is 18.9 Å². The Labute approximate surface area is 543 Å². The van der Waals surface area contributed by atoms with Crippen molar-refractivity contribution in [2.45, 2.75) is 387 Å². The van der Waals surface area contributed by atoms with Crippen LogP contribution in [0.15, 0.2) is 47.2 Å². The molecule has 0 radical (unpaired) electrons. The van der Waals surface area contributed by atoms with Crippen LogP contribution in [-0.4, -0.2) is 26.4 Å². The molecule has 0 aromatic heterocycles. The Hall–Kier alpha value is -4.12. The molecule has 0 saturated carbocycles. The highest BCUT2D eigenvalue weighted by atomic mass is 16.5. The average Bonchev–Trinajstić information content (AvgIpc) is 2.34. The second-order valence-electron chi connectivity index (χ2n) is 26.5. The molecule has 496 valence electrons. The van der Waals surface area contributed by atoms with Gasteiger partial charge in [-0.2, -0.15) is 0 Å². The number of rotatable bonds is 64. The van der Waals surface area contributed by atoms with E-state index in [4.69, 9.17) is 18.9 Å². The molecule has 0 bridgehead atoms. The minimum Gasteiger partial charge on any atom is -0.490 e. The molecule has 0 unspecified atom stereocenters. The highest BCUT2D eigenvalue weighted by Crippen LogP contribution is 2.27. The number of fused-ring (bicyclic) bond motifs is 2. The van der Waals surface area contributed by atoms with Crippen LogP contribution in [0.2, 0.25) is 0 Å². The topological polar surface area (TPSA) is 36.9 Å². The summed E-state index contributed by atoms with van der Waals surface area (Å²) in [4.78, 5) is 0. The third-order valence-corrected chi connectivity index (χ3v) is 18.1. The lowest BCUT2D eigenvalue weighted by Crippen LogP contribution is -2.23. The highest BCUT2D eigenvalue weighted by molar-refractivity contribution is 5.47. The van der Waals surface area contributed by atoms with E-state index in [1.807, 2.05) is 24.3 Å². The molecule has 0 spiro atoms. The second-order valence-corrected chi connectivity index (χ2v) is 26.5. The van der Waals surface area contributed by atoms with Gasteiger partial charge in [-0.25, -0.2) is 0 Å². The molecule has 0 amide bonds. The summed E-state index contributed by atoms with van der Waals surface area (Å²) in [6.45, 7) is 11.8. The van der Waals surface area contributed by atoms with Crippen molar-refractivity contribution in [3.05, 3.63) is 68.1 Å². The van der Waals surface area contributed by atoms with Crippen LogP contribution >= 0.6 is 0 Å². The maximum Gasteiger partial charge on any atom is 0.162 e. The lowest BCUT2D eigenvalue weighted by atomic mass is 10.0. The van der Waals surface area contributed by atoms with Gasteiger partial charge in [0.15, 0.2) is 23.0 Å². The van der Waals surface area contributed by atoms with Gasteiger partial charge in [-0.15, -0.1) is 0 Å². The number of ether oxygens (including phenoxy) is 4. The van der Waals surface area contributed by atoms with Crippen LogP contribution < -0.4 is 39.8 Å². The zero-order chi connectivity index (χ0) is 62.4. The predicted octanol–water partition coefficient (Wildman–Crippen LogP) is 24.1. The van der Waals surface area contributed by atoms with Crippen LogP contribution in [0.3, 0.4) is 0 Å². The monoisotopic (exact) mass is 1210 g/mol. The van der Waals surface area contributed by atoms with Crippen molar-refractivity contribution in [2.24, 2.45) is 0 Å². The first-order valence-corrected chi connectivity index (χ1v) is 38.6. The molecular weight excluding hydrogens is 1070 g/mol. The van der Waals surface area contributed by atoms with Crippen molar-refractivity contribution in [1.29, 1.82) is 0 Å². The first-order chi connectivity index (χ1) is 43.7. The van der Waals surface area contributed by atoms with Gasteiger partial charge in [-0.1, -0.05) is 385 Å². The van der Waals surface area contributed by atoms with Crippen molar-refractivity contribution in [2.75, 3.05) is 26.4 Å². The van der Waals surface area contributed by atoms with Crippen molar-refractivity contribution in [1.82, 2.24) is 0 Å². The molecule has 4 heteroatoms. The Kier molecular flexibility index (Phi) is 53.7. The molecule has 2 aromatic carbocycles. The van der Waals surface area contributed by atoms with Gasteiger partial charge in [0.25, 0.3) is 0 Å². The van der Waals surface area contributed by atoms with E-state index in [0.29, 0.717) is 26.4 Å². The summed E-state index contributed by atoms with van der Waals surface area (Å²) in [6.07, 6.45) is 74.7. The Morgan fingerprint density at radius 1 is 0.182 bits per heavy atom. The first kappa shape index (κ1) is 78.1. The van der Waals surface area contributed by atoms with Crippen LogP contribution in [0.4, 0.5) is 0 Å². The summed E-state index contributed by atoms with van der Waals surface area (Å²) in [7, 11) is 0. The third kappa shape index (κ3) is 44.4. The SMILES string of the molecule is CCCCCCCCCCCCCCCCOc1cc2c(cc1OCCCCCCCCCCCCCCCC)=C=C=C=C=c1cc(OCCCCCCCCCCCCCCCC)c(OCCCCCCCCCCCCCCCC)cc1=C=C=C=C=2. The van der Waals surface area contributed by atoms with Gasteiger partial charge in [-0.3, -0.25) is 0 Å². The molecule has 0 atom stereocenters. The standard InChI is InChI=1S/C84H136O4/c1-5-9-13-17-21-25-29-33-37-41-45-49-53-61-69-85-81-73-77-65-57-58-67-79-75-83(87-71-63-55-51-47-43-39-35-31-27-23-19-15-11-7-3)84(88-72-64-56-52-48-44-40-36-32-28-24-20-16-12-8-4)76-80(79)68-60-59-66-78(77)74-82(81)86-70-62-54-50-46-42-38-34-30-26-22-18-14-10-6-2/h73-76H,5-56,61-64,69-72H2,1-4H3. The van der Waals surface area contributed by atoms with Crippen LogP contribution in [0, 0.1) is 0 Å². The van der Waals surface area contributed by atoms with E-state index in [1.165, 1.54) is 334 Å². The molecule has 0 aliphatic heterocycles. The van der Waals surface area contributed by atoms with Gasteiger partial charge in [0.05, 0.1) is 26.4 Å². The number of unbranched alkanes of at least 4 members (excludes halogenated alkanes) is 52. The van der Waals surface area contributed by atoms with Crippen LogP contribution in [-0.2, 0) is 0 Å². The molecular formula is C84H136O4. The van der Waals surface area contributed by atoms with E-state index in [0.717, 1.165) is 69.6 Å². The van der Waals surface area contributed by atoms with Gasteiger partial charge in [-0.05, 0) is 48.6 Å². The molecule has 0 heterocycles. The zero-order valence-electron chi connectivity index (χ0n) is 58.4. The summed E-state index contributed by atoms with van der Waals surface area (Å²) < 4.78 is 26.3. The van der Waals surface area contributed by atoms with Crippen molar-refractivity contribution in [3.63, 3.8) is 0 Å². The van der Waals surface area contributed by atoms with Gasteiger partial charge in [0.2, 0.25) is 0 Å². The Morgan fingerprint density at radius 3 is 0.443 bits per heavy atom. The van der Waals surface area contributed by atoms with Crippen LogP contribution in [0.25, 0.3) is 22.9 Å². The molecule has 4 nitrogen and oxygen atoms in total. The summed E-state index contributed by atoms with van der Waals surface area (Å²) in [5.74, 6) is 2.98. The fourth-order valence-corrected chi connectivity index (χ4v) is 12.3. The summed E-state index contributed by atoms with van der Waals surface area (Å²) in [5, 5.41) is 3.14. The molecule has 88 heavy (non-hydrogen) atoms. The highest BCUT2D eigenvalue weighted by Gasteiger charge is 2.10. The largest absolute Gasteiger partial charge is 0.490 e. The fourth-order valence-electron chi connectivity index (χ4n) is 12.3. The molecule has 2 aromatic rings. The third-order valence-electron chi connectivity index (χ3n) is 18.1. The molecule has 1 aliphatic rings. The Balaban J connectivity index is 1.73. The van der Waals surface area contributed by atoms with E-state index < -0.39 is 0 Å². The maximum atomic E-state index is 6.57.